The van der Waals surface area contributed by atoms with Gasteiger partial charge in [-0.15, -0.1) is 0 Å². The SMILES string of the molecule is C=C(C)CN(CC)C(=O)COC(=O)c1c(C)nn(Cc2ccccc2Cl)c1C. The van der Waals surface area contributed by atoms with Crippen molar-refractivity contribution in [3.8, 4) is 0 Å². The lowest BCUT2D eigenvalue weighted by atomic mass is 10.2. The number of esters is 1. The van der Waals surface area contributed by atoms with Crippen LogP contribution in [0.4, 0.5) is 0 Å². The van der Waals surface area contributed by atoms with Crippen molar-refractivity contribution >= 4 is 23.5 Å². The molecule has 6 nitrogen and oxygen atoms in total. The van der Waals surface area contributed by atoms with Crippen LogP contribution in [0, 0.1) is 13.8 Å². The number of benzene rings is 1. The highest BCUT2D eigenvalue weighted by molar-refractivity contribution is 6.31. The third-order valence-electron chi connectivity index (χ3n) is 4.39. The van der Waals surface area contributed by atoms with Gasteiger partial charge >= 0.3 is 5.97 Å². The van der Waals surface area contributed by atoms with Crippen molar-refractivity contribution in [2.45, 2.75) is 34.2 Å². The van der Waals surface area contributed by atoms with Crippen molar-refractivity contribution in [2.75, 3.05) is 19.7 Å². The number of nitrogens with zero attached hydrogens (tertiary/aromatic N) is 3. The Morgan fingerprint density at radius 2 is 1.96 bits per heavy atom. The summed E-state index contributed by atoms with van der Waals surface area (Å²) in [6.45, 7) is 12.2. The van der Waals surface area contributed by atoms with Crippen molar-refractivity contribution in [1.82, 2.24) is 14.7 Å². The lowest BCUT2D eigenvalue weighted by molar-refractivity contribution is -0.133. The largest absolute Gasteiger partial charge is 0.452 e. The van der Waals surface area contributed by atoms with Gasteiger partial charge in [-0.3, -0.25) is 9.48 Å². The molecule has 0 fully saturated rings. The number of carbonyl (C=O) groups excluding carboxylic acids is 2. The zero-order valence-corrected chi connectivity index (χ0v) is 17.5. The Bertz CT molecular complexity index is 889. The van der Waals surface area contributed by atoms with E-state index in [-0.39, 0.29) is 12.5 Å². The number of halogens is 1. The first-order chi connectivity index (χ1) is 13.2. The topological polar surface area (TPSA) is 64.4 Å². The Morgan fingerprint density at radius 3 is 2.57 bits per heavy atom. The Kier molecular flexibility index (Phi) is 7.40. The van der Waals surface area contributed by atoms with Gasteiger partial charge in [0.05, 0.1) is 17.9 Å². The zero-order valence-electron chi connectivity index (χ0n) is 16.8. The standard InChI is InChI=1S/C21H26ClN3O3/c1-6-24(11-14(2)3)19(26)13-28-21(27)20-15(4)23-25(16(20)5)12-17-9-7-8-10-18(17)22/h7-10H,2,6,11-13H2,1,3-5H3. The molecule has 0 spiro atoms. The average molecular weight is 404 g/mol. The summed E-state index contributed by atoms with van der Waals surface area (Å²) in [5, 5.41) is 5.08. The molecule has 0 saturated carbocycles. The molecule has 1 heterocycles. The molecule has 28 heavy (non-hydrogen) atoms. The van der Waals surface area contributed by atoms with Gasteiger partial charge in [-0.05, 0) is 39.3 Å². The van der Waals surface area contributed by atoms with Crippen LogP contribution in [0.15, 0.2) is 36.4 Å². The number of hydrogen-bond donors (Lipinski definition) is 0. The van der Waals surface area contributed by atoms with Gasteiger partial charge in [-0.25, -0.2) is 4.79 Å². The van der Waals surface area contributed by atoms with Crippen LogP contribution in [-0.2, 0) is 16.1 Å². The lowest BCUT2D eigenvalue weighted by Gasteiger charge is -2.20. The summed E-state index contributed by atoms with van der Waals surface area (Å²) in [5.74, 6) is -0.808. The molecular weight excluding hydrogens is 378 g/mol. The summed E-state index contributed by atoms with van der Waals surface area (Å²) < 4.78 is 6.98. The second kappa shape index (κ2) is 9.55. The summed E-state index contributed by atoms with van der Waals surface area (Å²) in [6, 6.07) is 7.49. The highest BCUT2D eigenvalue weighted by Crippen LogP contribution is 2.20. The summed E-state index contributed by atoms with van der Waals surface area (Å²) in [5.41, 5.74) is 3.38. The van der Waals surface area contributed by atoms with Crippen LogP contribution in [0.2, 0.25) is 5.02 Å². The molecule has 1 aromatic carbocycles. The van der Waals surface area contributed by atoms with Gasteiger partial charge in [-0.1, -0.05) is 42.0 Å². The molecule has 0 N–H and O–H groups in total. The number of aryl methyl sites for hydroxylation is 1. The number of likely N-dealkylation sites (N-methyl/N-ethyl adjacent to an activating group) is 1. The molecule has 2 aromatic rings. The van der Waals surface area contributed by atoms with E-state index < -0.39 is 5.97 Å². The summed E-state index contributed by atoms with van der Waals surface area (Å²) in [6.07, 6.45) is 0. The Hall–Kier alpha value is -2.60. The molecule has 0 aliphatic heterocycles. The monoisotopic (exact) mass is 403 g/mol. The number of rotatable bonds is 8. The van der Waals surface area contributed by atoms with Gasteiger partial charge in [0, 0.05) is 18.1 Å². The van der Waals surface area contributed by atoms with Crippen LogP contribution in [-0.4, -0.2) is 46.3 Å². The fourth-order valence-electron chi connectivity index (χ4n) is 2.93. The zero-order chi connectivity index (χ0) is 20.8. The van der Waals surface area contributed by atoms with Gasteiger partial charge in [0.1, 0.15) is 5.56 Å². The van der Waals surface area contributed by atoms with E-state index in [1.807, 2.05) is 38.1 Å². The molecular formula is C21H26ClN3O3. The molecule has 0 atom stereocenters. The first kappa shape index (κ1) is 21.7. The van der Waals surface area contributed by atoms with E-state index in [0.717, 1.165) is 11.1 Å². The Labute approximate surface area is 170 Å². The molecule has 150 valence electrons. The molecule has 0 radical (unpaired) electrons. The van der Waals surface area contributed by atoms with Crippen LogP contribution in [0.3, 0.4) is 0 Å². The van der Waals surface area contributed by atoms with E-state index in [2.05, 4.69) is 11.7 Å². The Balaban J connectivity index is 2.10. The number of carbonyl (C=O) groups is 2. The van der Waals surface area contributed by atoms with Crippen molar-refractivity contribution in [3.63, 3.8) is 0 Å². The van der Waals surface area contributed by atoms with E-state index in [1.54, 1.807) is 23.4 Å². The molecule has 0 saturated heterocycles. The average Bonchev–Trinajstić information content (AvgIpc) is 2.92. The quantitative estimate of drug-likeness (QED) is 0.497. The molecule has 1 aromatic heterocycles. The van der Waals surface area contributed by atoms with E-state index in [1.165, 1.54) is 0 Å². The van der Waals surface area contributed by atoms with E-state index in [4.69, 9.17) is 16.3 Å². The fourth-order valence-corrected chi connectivity index (χ4v) is 3.12. The first-order valence-corrected chi connectivity index (χ1v) is 9.49. The smallest absolute Gasteiger partial charge is 0.342 e. The molecule has 0 aliphatic carbocycles. The maximum absolute atomic E-state index is 12.6. The highest BCUT2D eigenvalue weighted by Gasteiger charge is 2.22. The summed E-state index contributed by atoms with van der Waals surface area (Å²) in [4.78, 5) is 26.4. The normalized spacial score (nSPS) is 10.6. The minimum atomic E-state index is -0.555. The van der Waals surface area contributed by atoms with Crippen LogP contribution in [0.1, 0.15) is 41.2 Å². The maximum Gasteiger partial charge on any atom is 0.342 e. The highest BCUT2D eigenvalue weighted by atomic mass is 35.5. The molecule has 2 rings (SSSR count). The van der Waals surface area contributed by atoms with E-state index >= 15 is 0 Å². The van der Waals surface area contributed by atoms with Gasteiger partial charge in [0.2, 0.25) is 0 Å². The van der Waals surface area contributed by atoms with Crippen molar-refractivity contribution < 1.29 is 14.3 Å². The fraction of sp³-hybridized carbons (Fsp3) is 0.381. The molecule has 0 bridgehead atoms. The van der Waals surface area contributed by atoms with Gasteiger partial charge in [0.15, 0.2) is 6.61 Å². The number of aromatic nitrogens is 2. The second-order valence-corrected chi connectivity index (χ2v) is 7.14. The van der Waals surface area contributed by atoms with E-state index in [0.29, 0.717) is 41.6 Å². The maximum atomic E-state index is 12.6. The van der Waals surface area contributed by atoms with Crippen molar-refractivity contribution in [3.05, 3.63) is 64.0 Å². The van der Waals surface area contributed by atoms with Crippen LogP contribution < -0.4 is 0 Å². The number of amides is 1. The molecule has 0 aliphatic rings. The van der Waals surface area contributed by atoms with Gasteiger partial charge in [-0.2, -0.15) is 5.10 Å². The number of ether oxygens (including phenoxy) is 1. The van der Waals surface area contributed by atoms with Crippen molar-refractivity contribution in [2.24, 2.45) is 0 Å². The third kappa shape index (κ3) is 5.23. The molecule has 1 amide bonds. The van der Waals surface area contributed by atoms with Crippen molar-refractivity contribution in [1.29, 1.82) is 0 Å². The van der Waals surface area contributed by atoms with Gasteiger partial charge in [0.25, 0.3) is 5.91 Å². The van der Waals surface area contributed by atoms with Crippen LogP contribution in [0.25, 0.3) is 0 Å². The second-order valence-electron chi connectivity index (χ2n) is 6.74. The van der Waals surface area contributed by atoms with Crippen LogP contribution >= 0.6 is 11.6 Å². The molecule has 0 unspecified atom stereocenters. The predicted molar refractivity (Wildman–Crippen MR) is 110 cm³/mol. The molecule has 7 heteroatoms. The minimum Gasteiger partial charge on any atom is -0.452 e. The third-order valence-corrected chi connectivity index (χ3v) is 4.75. The Morgan fingerprint density at radius 1 is 1.29 bits per heavy atom. The van der Waals surface area contributed by atoms with Crippen LogP contribution in [0.5, 0.6) is 0 Å². The summed E-state index contributed by atoms with van der Waals surface area (Å²) in [7, 11) is 0. The summed E-state index contributed by atoms with van der Waals surface area (Å²) >= 11 is 6.22. The van der Waals surface area contributed by atoms with E-state index in [9.17, 15) is 9.59 Å². The number of hydrogen-bond acceptors (Lipinski definition) is 4. The van der Waals surface area contributed by atoms with Gasteiger partial charge < -0.3 is 9.64 Å². The lowest BCUT2D eigenvalue weighted by Crippen LogP contribution is -2.35. The first-order valence-electron chi connectivity index (χ1n) is 9.11. The minimum absolute atomic E-state index is 0.252. The predicted octanol–water partition coefficient (Wildman–Crippen LogP) is 3.78.